The van der Waals surface area contributed by atoms with Crippen LogP contribution in [0.2, 0.25) is 0 Å². The highest BCUT2D eigenvalue weighted by Crippen LogP contribution is 2.25. The first-order valence-corrected chi connectivity index (χ1v) is 7.60. The molecule has 4 nitrogen and oxygen atoms in total. The maximum Gasteiger partial charge on any atom is 0.119 e. The van der Waals surface area contributed by atoms with E-state index in [9.17, 15) is 0 Å². The summed E-state index contributed by atoms with van der Waals surface area (Å²) in [5, 5.41) is 3.42. The van der Waals surface area contributed by atoms with Crippen molar-refractivity contribution >= 4 is 5.69 Å². The van der Waals surface area contributed by atoms with E-state index in [4.69, 9.17) is 4.74 Å². The number of anilines is 1. The summed E-state index contributed by atoms with van der Waals surface area (Å²) in [6.07, 6.45) is 10.5. The highest BCUT2D eigenvalue weighted by molar-refractivity contribution is 5.47. The third-order valence-electron chi connectivity index (χ3n) is 3.87. The van der Waals surface area contributed by atoms with Crippen molar-refractivity contribution in [1.82, 2.24) is 9.97 Å². The van der Waals surface area contributed by atoms with Gasteiger partial charge in [-0.15, -0.1) is 0 Å². The minimum atomic E-state index is 0.125. The molecule has 4 heteroatoms. The van der Waals surface area contributed by atoms with Gasteiger partial charge in [0.05, 0.1) is 24.0 Å². The van der Waals surface area contributed by atoms with E-state index in [1.54, 1.807) is 18.6 Å². The Morgan fingerprint density at radius 3 is 2.57 bits per heavy atom. The Morgan fingerprint density at radius 2 is 1.90 bits per heavy atom. The highest BCUT2D eigenvalue weighted by Gasteiger charge is 2.16. The van der Waals surface area contributed by atoms with E-state index in [1.807, 2.05) is 12.1 Å². The van der Waals surface area contributed by atoms with Crippen LogP contribution in [0.3, 0.4) is 0 Å². The Bertz CT molecular complexity index is 550. The second-order valence-electron chi connectivity index (χ2n) is 5.54. The van der Waals surface area contributed by atoms with Crippen molar-refractivity contribution in [3.63, 3.8) is 0 Å². The van der Waals surface area contributed by atoms with E-state index in [-0.39, 0.29) is 6.04 Å². The predicted molar refractivity (Wildman–Crippen MR) is 83.4 cm³/mol. The number of ether oxygens (including phenoxy) is 1. The van der Waals surface area contributed by atoms with Gasteiger partial charge in [0.1, 0.15) is 5.75 Å². The number of hydrogen-bond acceptors (Lipinski definition) is 4. The van der Waals surface area contributed by atoms with E-state index in [0.717, 1.165) is 17.1 Å². The van der Waals surface area contributed by atoms with Crippen LogP contribution < -0.4 is 10.1 Å². The zero-order valence-corrected chi connectivity index (χ0v) is 12.3. The zero-order valence-electron chi connectivity index (χ0n) is 12.3. The van der Waals surface area contributed by atoms with Crippen molar-refractivity contribution in [2.24, 2.45) is 0 Å². The van der Waals surface area contributed by atoms with Crippen molar-refractivity contribution < 1.29 is 4.74 Å². The van der Waals surface area contributed by atoms with Crippen LogP contribution in [0.25, 0.3) is 0 Å². The lowest BCUT2D eigenvalue weighted by Gasteiger charge is -2.16. The van der Waals surface area contributed by atoms with Gasteiger partial charge < -0.3 is 10.1 Å². The fourth-order valence-corrected chi connectivity index (χ4v) is 2.69. The normalized spacial score (nSPS) is 16.6. The van der Waals surface area contributed by atoms with Crippen LogP contribution >= 0.6 is 0 Å². The van der Waals surface area contributed by atoms with Gasteiger partial charge in [-0.05, 0) is 56.9 Å². The number of nitrogens with one attached hydrogen (secondary N) is 1. The maximum absolute atomic E-state index is 5.97. The topological polar surface area (TPSA) is 47.0 Å². The van der Waals surface area contributed by atoms with Crippen molar-refractivity contribution in [1.29, 1.82) is 0 Å². The van der Waals surface area contributed by atoms with E-state index < -0.39 is 0 Å². The van der Waals surface area contributed by atoms with E-state index in [2.05, 4.69) is 34.3 Å². The van der Waals surface area contributed by atoms with E-state index in [1.165, 1.54) is 25.7 Å². The largest absolute Gasteiger partial charge is 0.490 e. The number of aromatic nitrogens is 2. The van der Waals surface area contributed by atoms with Crippen LogP contribution in [0.4, 0.5) is 5.69 Å². The van der Waals surface area contributed by atoms with Crippen molar-refractivity contribution in [2.75, 3.05) is 5.32 Å². The van der Waals surface area contributed by atoms with Crippen molar-refractivity contribution in [3.05, 3.63) is 48.5 Å². The molecule has 2 aromatic rings. The second-order valence-corrected chi connectivity index (χ2v) is 5.54. The molecule has 1 unspecified atom stereocenters. The molecule has 1 N–H and O–H groups in total. The Hall–Kier alpha value is -2.10. The molecule has 1 heterocycles. The molecule has 0 radical (unpaired) electrons. The van der Waals surface area contributed by atoms with Gasteiger partial charge >= 0.3 is 0 Å². The molecule has 0 bridgehead atoms. The second kappa shape index (κ2) is 6.57. The summed E-state index contributed by atoms with van der Waals surface area (Å²) in [5.74, 6) is 0.958. The quantitative estimate of drug-likeness (QED) is 0.902. The monoisotopic (exact) mass is 283 g/mol. The average Bonchev–Trinajstić information content (AvgIpc) is 3.03. The SMILES string of the molecule is CC(Nc1ccc(OC2CCCC2)cc1)c1cnccn1. The summed E-state index contributed by atoms with van der Waals surface area (Å²) in [6.45, 7) is 2.08. The smallest absolute Gasteiger partial charge is 0.119 e. The number of nitrogens with zero attached hydrogens (tertiary/aromatic N) is 2. The lowest BCUT2D eigenvalue weighted by Crippen LogP contribution is -2.11. The summed E-state index contributed by atoms with van der Waals surface area (Å²) < 4.78 is 5.97. The predicted octanol–water partition coefficient (Wildman–Crippen LogP) is 3.97. The van der Waals surface area contributed by atoms with Gasteiger partial charge in [-0.25, -0.2) is 0 Å². The van der Waals surface area contributed by atoms with Crippen molar-refractivity contribution in [3.8, 4) is 5.75 Å². The Morgan fingerprint density at radius 1 is 1.14 bits per heavy atom. The van der Waals surface area contributed by atoms with Crippen LogP contribution in [-0.2, 0) is 0 Å². The minimum Gasteiger partial charge on any atom is -0.490 e. The zero-order chi connectivity index (χ0) is 14.5. The summed E-state index contributed by atoms with van der Waals surface area (Å²) >= 11 is 0. The molecule has 1 fully saturated rings. The first-order chi connectivity index (χ1) is 10.3. The van der Waals surface area contributed by atoms with Gasteiger partial charge in [-0.2, -0.15) is 0 Å². The van der Waals surface area contributed by atoms with E-state index >= 15 is 0 Å². The molecule has 1 atom stereocenters. The van der Waals surface area contributed by atoms with Gasteiger partial charge in [0.25, 0.3) is 0 Å². The lowest BCUT2D eigenvalue weighted by atomic mass is 10.2. The van der Waals surface area contributed by atoms with Crippen LogP contribution in [0.5, 0.6) is 5.75 Å². The van der Waals surface area contributed by atoms with E-state index in [0.29, 0.717) is 6.10 Å². The molecule has 1 aromatic carbocycles. The molecule has 110 valence electrons. The molecule has 0 aliphatic heterocycles. The standard InChI is InChI=1S/C17H21N3O/c1-13(17-12-18-10-11-19-17)20-14-6-8-16(9-7-14)21-15-4-2-3-5-15/h6-13,15,20H,2-5H2,1H3. The Kier molecular flexibility index (Phi) is 4.34. The summed E-state index contributed by atoms with van der Waals surface area (Å²) in [7, 11) is 0. The third-order valence-corrected chi connectivity index (χ3v) is 3.87. The summed E-state index contributed by atoms with van der Waals surface area (Å²) in [4.78, 5) is 8.41. The number of hydrogen-bond donors (Lipinski definition) is 1. The molecule has 0 spiro atoms. The summed E-state index contributed by atoms with van der Waals surface area (Å²) in [5.41, 5.74) is 2.00. The van der Waals surface area contributed by atoms with Crippen LogP contribution in [-0.4, -0.2) is 16.1 Å². The average molecular weight is 283 g/mol. The summed E-state index contributed by atoms with van der Waals surface area (Å²) in [6, 6.07) is 8.29. The molecule has 1 aliphatic carbocycles. The fourth-order valence-electron chi connectivity index (χ4n) is 2.69. The molecule has 1 saturated carbocycles. The first-order valence-electron chi connectivity index (χ1n) is 7.60. The molecular weight excluding hydrogens is 262 g/mol. The highest BCUT2D eigenvalue weighted by atomic mass is 16.5. The van der Waals surface area contributed by atoms with Gasteiger partial charge in [0.15, 0.2) is 0 Å². The van der Waals surface area contributed by atoms with Crippen LogP contribution in [0, 0.1) is 0 Å². The Labute approximate surface area is 125 Å². The maximum atomic E-state index is 5.97. The van der Waals surface area contributed by atoms with Gasteiger partial charge in [-0.3, -0.25) is 9.97 Å². The molecule has 3 rings (SSSR count). The first kappa shape index (κ1) is 13.9. The van der Waals surface area contributed by atoms with Gasteiger partial charge in [-0.1, -0.05) is 0 Å². The molecule has 1 aliphatic rings. The van der Waals surface area contributed by atoms with Gasteiger partial charge in [0.2, 0.25) is 0 Å². The Balaban J connectivity index is 1.59. The third kappa shape index (κ3) is 3.72. The number of rotatable bonds is 5. The van der Waals surface area contributed by atoms with Gasteiger partial charge in [0, 0.05) is 18.1 Å². The molecule has 0 amide bonds. The molecule has 0 saturated heterocycles. The molecular formula is C17H21N3O. The van der Waals surface area contributed by atoms with Crippen molar-refractivity contribution in [2.45, 2.75) is 44.8 Å². The number of benzene rings is 1. The van der Waals surface area contributed by atoms with Crippen LogP contribution in [0.1, 0.15) is 44.3 Å². The lowest BCUT2D eigenvalue weighted by molar-refractivity contribution is 0.210. The van der Waals surface area contributed by atoms with Crippen LogP contribution in [0.15, 0.2) is 42.9 Å². The molecule has 21 heavy (non-hydrogen) atoms. The minimum absolute atomic E-state index is 0.125. The molecule has 1 aromatic heterocycles. The fraction of sp³-hybridized carbons (Fsp3) is 0.412.